The predicted octanol–water partition coefficient (Wildman–Crippen LogP) is 6.49. The lowest BCUT2D eigenvalue weighted by Crippen LogP contribution is -2.11. The Bertz CT molecular complexity index is 561. The maximum atomic E-state index is 14.6. The molecule has 1 unspecified atom stereocenters. The summed E-state index contributed by atoms with van der Waals surface area (Å²) >= 11 is 0. The van der Waals surface area contributed by atoms with Crippen LogP contribution >= 0.6 is 0 Å². The third-order valence-electron chi connectivity index (χ3n) is 5.61. The standard InChI is InChI=1S/C21H27F/c1-3-16-6-10-18(11-7-16)20-13-12-19(14-21(20)22)17-8-4-15(2)5-9-17/h3,10,12-17H,1,4-9,11H2,2H3. The van der Waals surface area contributed by atoms with Gasteiger partial charge in [0.25, 0.3) is 0 Å². The van der Waals surface area contributed by atoms with Gasteiger partial charge in [-0.05, 0) is 67.1 Å². The van der Waals surface area contributed by atoms with Crippen molar-refractivity contribution in [1.29, 1.82) is 0 Å². The molecule has 0 radical (unpaired) electrons. The van der Waals surface area contributed by atoms with Crippen molar-refractivity contribution in [2.75, 3.05) is 0 Å². The molecule has 1 fully saturated rings. The first kappa shape index (κ1) is 15.5. The third kappa shape index (κ3) is 3.34. The Morgan fingerprint density at radius 1 is 1.14 bits per heavy atom. The van der Waals surface area contributed by atoms with E-state index in [9.17, 15) is 4.39 Å². The van der Waals surface area contributed by atoms with E-state index in [4.69, 9.17) is 0 Å². The van der Waals surface area contributed by atoms with Crippen LogP contribution in [0.15, 0.2) is 36.9 Å². The van der Waals surface area contributed by atoms with Gasteiger partial charge < -0.3 is 0 Å². The van der Waals surface area contributed by atoms with Gasteiger partial charge in [-0.1, -0.05) is 44.1 Å². The van der Waals surface area contributed by atoms with Crippen molar-refractivity contribution in [2.24, 2.45) is 11.8 Å². The van der Waals surface area contributed by atoms with Gasteiger partial charge in [0.2, 0.25) is 0 Å². The van der Waals surface area contributed by atoms with Gasteiger partial charge in [0.05, 0.1) is 0 Å². The highest BCUT2D eigenvalue weighted by Crippen LogP contribution is 2.37. The second-order valence-electron chi connectivity index (χ2n) is 7.20. The first-order valence-electron chi connectivity index (χ1n) is 8.78. The second-order valence-corrected chi connectivity index (χ2v) is 7.20. The van der Waals surface area contributed by atoms with Crippen LogP contribution in [-0.2, 0) is 0 Å². The molecule has 0 heterocycles. The van der Waals surface area contributed by atoms with E-state index in [0.717, 1.165) is 30.7 Å². The van der Waals surface area contributed by atoms with Crippen molar-refractivity contribution in [3.8, 4) is 0 Å². The van der Waals surface area contributed by atoms with Crippen LogP contribution in [0.25, 0.3) is 5.57 Å². The first-order valence-corrected chi connectivity index (χ1v) is 8.78. The van der Waals surface area contributed by atoms with Crippen molar-refractivity contribution < 1.29 is 4.39 Å². The highest BCUT2D eigenvalue weighted by atomic mass is 19.1. The zero-order chi connectivity index (χ0) is 15.5. The molecular weight excluding hydrogens is 271 g/mol. The van der Waals surface area contributed by atoms with E-state index in [0.29, 0.717) is 11.8 Å². The van der Waals surface area contributed by atoms with E-state index in [-0.39, 0.29) is 5.82 Å². The lowest BCUT2D eigenvalue weighted by atomic mass is 9.79. The molecule has 1 atom stereocenters. The first-order chi connectivity index (χ1) is 10.7. The Balaban J connectivity index is 1.75. The monoisotopic (exact) mass is 298 g/mol. The molecule has 0 spiro atoms. The maximum absolute atomic E-state index is 14.6. The molecule has 1 heteroatoms. The van der Waals surface area contributed by atoms with Gasteiger partial charge in [-0.3, -0.25) is 0 Å². The van der Waals surface area contributed by atoms with Crippen molar-refractivity contribution >= 4 is 5.57 Å². The van der Waals surface area contributed by atoms with Crippen LogP contribution in [0, 0.1) is 17.7 Å². The number of hydrogen-bond acceptors (Lipinski definition) is 0. The van der Waals surface area contributed by atoms with Crippen LogP contribution in [-0.4, -0.2) is 0 Å². The summed E-state index contributed by atoms with van der Waals surface area (Å²) in [7, 11) is 0. The Kier molecular flexibility index (Phi) is 4.81. The van der Waals surface area contributed by atoms with Gasteiger partial charge in [0, 0.05) is 5.56 Å². The van der Waals surface area contributed by atoms with Gasteiger partial charge in [-0.15, -0.1) is 6.58 Å². The summed E-state index contributed by atoms with van der Waals surface area (Å²) in [6, 6.07) is 5.98. The third-order valence-corrected chi connectivity index (χ3v) is 5.61. The Labute approximate surface area is 134 Å². The summed E-state index contributed by atoms with van der Waals surface area (Å²) in [5.41, 5.74) is 3.20. The van der Waals surface area contributed by atoms with Crippen LogP contribution in [0.5, 0.6) is 0 Å². The number of benzene rings is 1. The van der Waals surface area contributed by atoms with E-state index >= 15 is 0 Å². The van der Waals surface area contributed by atoms with Gasteiger partial charge in [-0.2, -0.15) is 0 Å². The maximum Gasteiger partial charge on any atom is 0.130 e. The van der Waals surface area contributed by atoms with E-state index in [1.807, 2.05) is 12.1 Å². The van der Waals surface area contributed by atoms with Crippen molar-refractivity contribution in [2.45, 2.75) is 57.8 Å². The van der Waals surface area contributed by atoms with Crippen LogP contribution < -0.4 is 0 Å². The second kappa shape index (κ2) is 6.81. The zero-order valence-corrected chi connectivity index (χ0v) is 13.7. The van der Waals surface area contributed by atoms with Gasteiger partial charge in [-0.25, -0.2) is 4.39 Å². The quantitative estimate of drug-likeness (QED) is 0.559. The molecular formula is C21H27F. The van der Waals surface area contributed by atoms with E-state index in [1.165, 1.54) is 36.8 Å². The molecule has 22 heavy (non-hydrogen) atoms. The molecule has 1 saturated carbocycles. The zero-order valence-electron chi connectivity index (χ0n) is 13.7. The fourth-order valence-corrected chi connectivity index (χ4v) is 3.95. The molecule has 2 aliphatic carbocycles. The molecule has 0 saturated heterocycles. The molecule has 0 N–H and O–H groups in total. The van der Waals surface area contributed by atoms with Crippen molar-refractivity contribution in [3.63, 3.8) is 0 Å². The summed E-state index contributed by atoms with van der Waals surface area (Å²) in [5.74, 6) is 1.94. The molecule has 1 aromatic carbocycles. The minimum absolute atomic E-state index is 0.0283. The average Bonchev–Trinajstić information content (AvgIpc) is 2.56. The Morgan fingerprint density at radius 2 is 1.91 bits per heavy atom. The minimum Gasteiger partial charge on any atom is -0.206 e. The minimum atomic E-state index is -0.0283. The summed E-state index contributed by atoms with van der Waals surface area (Å²) in [6.07, 6.45) is 12.3. The molecule has 0 aromatic heterocycles. The number of allylic oxidation sites excluding steroid dienone is 3. The normalized spacial score (nSPS) is 29.0. The SMILES string of the molecule is C=CC1CC=C(c2ccc(C3CCC(C)CC3)cc2F)CC1. The predicted molar refractivity (Wildman–Crippen MR) is 92.3 cm³/mol. The molecule has 3 rings (SSSR count). The highest BCUT2D eigenvalue weighted by Gasteiger charge is 2.21. The van der Waals surface area contributed by atoms with E-state index in [2.05, 4.69) is 25.6 Å². The van der Waals surface area contributed by atoms with Crippen molar-refractivity contribution in [3.05, 3.63) is 53.9 Å². The fraction of sp³-hybridized carbons (Fsp3) is 0.524. The van der Waals surface area contributed by atoms with Crippen LogP contribution in [0.1, 0.15) is 68.9 Å². The Hall–Kier alpha value is -1.37. The molecule has 2 aliphatic rings. The number of hydrogen-bond donors (Lipinski definition) is 0. The Morgan fingerprint density at radius 3 is 2.50 bits per heavy atom. The van der Waals surface area contributed by atoms with Crippen LogP contribution in [0.4, 0.5) is 4.39 Å². The van der Waals surface area contributed by atoms with Crippen molar-refractivity contribution in [1.82, 2.24) is 0 Å². The number of halogens is 1. The molecule has 0 bridgehead atoms. The summed E-state index contributed by atoms with van der Waals surface area (Å²) in [6.45, 7) is 6.19. The largest absolute Gasteiger partial charge is 0.206 e. The van der Waals surface area contributed by atoms with E-state index < -0.39 is 0 Å². The summed E-state index contributed by atoms with van der Waals surface area (Å²) < 4.78 is 14.6. The van der Waals surface area contributed by atoms with E-state index in [1.54, 1.807) is 6.07 Å². The lowest BCUT2D eigenvalue weighted by Gasteiger charge is -2.27. The lowest BCUT2D eigenvalue weighted by molar-refractivity contribution is 0.347. The summed E-state index contributed by atoms with van der Waals surface area (Å²) in [5, 5.41) is 0. The molecule has 0 nitrogen and oxygen atoms in total. The van der Waals surface area contributed by atoms with Gasteiger partial charge in [0.15, 0.2) is 0 Å². The molecule has 0 amide bonds. The molecule has 1 aromatic rings. The number of rotatable bonds is 3. The van der Waals surface area contributed by atoms with Crippen LogP contribution in [0.3, 0.4) is 0 Å². The smallest absolute Gasteiger partial charge is 0.130 e. The van der Waals surface area contributed by atoms with Crippen LogP contribution in [0.2, 0.25) is 0 Å². The topological polar surface area (TPSA) is 0 Å². The fourth-order valence-electron chi connectivity index (χ4n) is 3.95. The molecule has 118 valence electrons. The van der Waals surface area contributed by atoms with Gasteiger partial charge >= 0.3 is 0 Å². The summed E-state index contributed by atoms with van der Waals surface area (Å²) in [4.78, 5) is 0. The highest BCUT2D eigenvalue weighted by molar-refractivity contribution is 5.67. The van der Waals surface area contributed by atoms with Gasteiger partial charge in [0.1, 0.15) is 5.82 Å². The molecule has 0 aliphatic heterocycles. The average molecular weight is 298 g/mol.